The van der Waals surface area contributed by atoms with Crippen LogP contribution in [0.4, 0.5) is 22.7 Å². The molecule has 182 valence electrons. The van der Waals surface area contributed by atoms with Gasteiger partial charge in [0.05, 0.1) is 22.7 Å². The standard InChI is InChI=1S/C33H34N2O/c1-20(2)24-13-11-14-25(21(3)4)32(24)35-23(6)34(28-15-8-9-16-29(28)35)31-22(5)18-19-27-26-12-7-10-17-30(26)36-33(27)31/h7-21,23H,1-6H3/t23-/m1/s1. The van der Waals surface area contributed by atoms with Gasteiger partial charge in [-0.25, -0.2) is 0 Å². The molecule has 4 aromatic carbocycles. The molecule has 1 aromatic heterocycles. The van der Waals surface area contributed by atoms with Crippen LogP contribution in [0.15, 0.2) is 83.3 Å². The minimum Gasteiger partial charge on any atom is -0.454 e. The van der Waals surface area contributed by atoms with E-state index >= 15 is 0 Å². The lowest BCUT2D eigenvalue weighted by atomic mass is 9.91. The molecule has 0 fully saturated rings. The minimum absolute atomic E-state index is 0.0808. The first-order valence-corrected chi connectivity index (χ1v) is 13.1. The third-order valence-corrected chi connectivity index (χ3v) is 7.69. The van der Waals surface area contributed by atoms with Crippen LogP contribution in [0.2, 0.25) is 0 Å². The number of hydrogen-bond donors (Lipinski definition) is 0. The van der Waals surface area contributed by atoms with Gasteiger partial charge < -0.3 is 14.2 Å². The number of para-hydroxylation sites is 4. The molecule has 0 bridgehead atoms. The number of aryl methyl sites for hydroxylation is 1. The summed E-state index contributed by atoms with van der Waals surface area (Å²) in [6.45, 7) is 13.7. The summed E-state index contributed by atoms with van der Waals surface area (Å²) < 4.78 is 6.54. The highest BCUT2D eigenvalue weighted by Crippen LogP contribution is 2.53. The molecule has 5 aromatic rings. The molecule has 1 aliphatic heterocycles. The molecule has 0 spiro atoms. The molecule has 0 N–H and O–H groups in total. The largest absolute Gasteiger partial charge is 0.454 e. The molecule has 2 heterocycles. The minimum atomic E-state index is 0.0808. The van der Waals surface area contributed by atoms with Gasteiger partial charge in [0.2, 0.25) is 0 Å². The Bertz CT molecular complexity index is 1570. The lowest BCUT2D eigenvalue weighted by Crippen LogP contribution is -2.37. The first-order chi connectivity index (χ1) is 17.4. The number of rotatable bonds is 4. The van der Waals surface area contributed by atoms with E-state index in [1.807, 2.05) is 6.07 Å². The number of nitrogens with zero attached hydrogens (tertiary/aromatic N) is 2. The summed E-state index contributed by atoms with van der Waals surface area (Å²) in [5, 5.41) is 2.33. The average molecular weight is 475 g/mol. The molecule has 3 nitrogen and oxygen atoms in total. The smallest absolute Gasteiger partial charge is 0.159 e. The number of benzene rings is 4. The average Bonchev–Trinajstić information content (AvgIpc) is 3.38. The molecule has 0 aliphatic carbocycles. The summed E-state index contributed by atoms with van der Waals surface area (Å²) in [5.74, 6) is 0.848. The van der Waals surface area contributed by atoms with Crippen molar-refractivity contribution < 1.29 is 4.42 Å². The van der Waals surface area contributed by atoms with Crippen LogP contribution in [0.25, 0.3) is 21.9 Å². The molecule has 6 rings (SSSR count). The predicted molar refractivity (Wildman–Crippen MR) is 153 cm³/mol. The molecule has 36 heavy (non-hydrogen) atoms. The highest BCUT2D eigenvalue weighted by atomic mass is 16.3. The van der Waals surface area contributed by atoms with Crippen molar-refractivity contribution in [2.75, 3.05) is 9.80 Å². The summed E-state index contributed by atoms with van der Waals surface area (Å²) in [6, 6.07) is 28.4. The van der Waals surface area contributed by atoms with Gasteiger partial charge in [0, 0.05) is 10.8 Å². The molecular formula is C33H34N2O. The van der Waals surface area contributed by atoms with E-state index < -0.39 is 0 Å². The Morgan fingerprint density at radius 1 is 0.639 bits per heavy atom. The molecule has 1 aliphatic rings. The van der Waals surface area contributed by atoms with Crippen molar-refractivity contribution in [2.45, 2.75) is 59.5 Å². The summed E-state index contributed by atoms with van der Waals surface area (Å²) in [6.07, 6.45) is 0.0808. The second kappa shape index (κ2) is 8.44. The van der Waals surface area contributed by atoms with Gasteiger partial charge in [0.15, 0.2) is 5.58 Å². The Morgan fingerprint density at radius 3 is 1.86 bits per heavy atom. The van der Waals surface area contributed by atoms with Crippen LogP contribution < -0.4 is 9.80 Å². The number of anilines is 4. The third-order valence-electron chi connectivity index (χ3n) is 7.69. The normalized spacial score (nSPS) is 15.6. The van der Waals surface area contributed by atoms with E-state index in [0.717, 1.165) is 22.2 Å². The molecule has 0 radical (unpaired) electrons. The highest BCUT2D eigenvalue weighted by molar-refractivity contribution is 6.11. The van der Waals surface area contributed by atoms with Crippen LogP contribution in [-0.2, 0) is 0 Å². The van der Waals surface area contributed by atoms with Gasteiger partial charge >= 0.3 is 0 Å². The van der Waals surface area contributed by atoms with E-state index in [-0.39, 0.29) is 6.17 Å². The van der Waals surface area contributed by atoms with Crippen molar-refractivity contribution in [1.29, 1.82) is 0 Å². The Labute approximate surface area is 214 Å². The zero-order valence-corrected chi connectivity index (χ0v) is 22.0. The van der Waals surface area contributed by atoms with Crippen LogP contribution >= 0.6 is 0 Å². The monoisotopic (exact) mass is 474 g/mol. The molecule has 1 atom stereocenters. The molecule has 0 saturated carbocycles. The van der Waals surface area contributed by atoms with E-state index in [4.69, 9.17) is 4.42 Å². The summed E-state index contributed by atoms with van der Waals surface area (Å²) in [5.41, 5.74) is 10.9. The first kappa shape index (κ1) is 22.7. The van der Waals surface area contributed by atoms with Crippen molar-refractivity contribution in [3.8, 4) is 0 Å². The van der Waals surface area contributed by atoms with E-state index in [1.54, 1.807) is 0 Å². The zero-order valence-electron chi connectivity index (χ0n) is 22.0. The fraction of sp³-hybridized carbons (Fsp3) is 0.273. The van der Waals surface area contributed by atoms with Crippen molar-refractivity contribution >= 4 is 44.7 Å². The predicted octanol–water partition coefficient (Wildman–Crippen LogP) is 9.78. The van der Waals surface area contributed by atoms with Gasteiger partial charge in [-0.3, -0.25) is 0 Å². The maximum atomic E-state index is 6.54. The van der Waals surface area contributed by atoms with Crippen molar-refractivity contribution in [3.63, 3.8) is 0 Å². The number of furan rings is 1. The third kappa shape index (κ3) is 3.26. The van der Waals surface area contributed by atoms with Crippen LogP contribution in [0.3, 0.4) is 0 Å². The van der Waals surface area contributed by atoms with Gasteiger partial charge in [-0.2, -0.15) is 0 Å². The van der Waals surface area contributed by atoms with E-state index in [1.165, 1.54) is 39.1 Å². The van der Waals surface area contributed by atoms with E-state index in [0.29, 0.717) is 11.8 Å². The van der Waals surface area contributed by atoms with Gasteiger partial charge in [-0.15, -0.1) is 0 Å². The lowest BCUT2D eigenvalue weighted by Gasteiger charge is -2.35. The zero-order chi connectivity index (χ0) is 25.1. The quantitative estimate of drug-likeness (QED) is 0.258. The topological polar surface area (TPSA) is 19.6 Å². The summed E-state index contributed by atoms with van der Waals surface area (Å²) >= 11 is 0. The van der Waals surface area contributed by atoms with Crippen molar-refractivity contribution in [1.82, 2.24) is 0 Å². The van der Waals surface area contributed by atoms with Crippen LogP contribution in [-0.4, -0.2) is 6.17 Å². The summed E-state index contributed by atoms with van der Waals surface area (Å²) in [7, 11) is 0. The first-order valence-electron chi connectivity index (χ1n) is 13.1. The van der Waals surface area contributed by atoms with Crippen molar-refractivity contribution in [3.05, 3.63) is 95.6 Å². The van der Waals surface area contributed by atoms with Gasteiger partial charge in [-0.05, 0) is 60.6 Å². The maximum absolute atomic E-state index is 6.54. The summed E-state index contributed by atoms with van der Waals surface area (Å²) in [4.78, 5) is 5.04. The SMILES string of the molecule is Cc1ccc2c(oc3ccccc32)c1N1c2ccccc2N(c2c(C(C)C)cccc2C(C)C)[C@@H]1C. The Kier molecular flexibility index (Phi) is 5.33. The van der Waals surface area contributed by atoms with E-state index in [9.17, 15) is 0 Å². The number of hydrogen-bond acceptors (Lipinski definition) is 3. The highest BCUT2D eigenvalue weighted by Gasteiger charge is 2.39. The van der Waals surface area contributed by atoms with Crippen LogP contribution in [0.1, 0.15) is 63.1 Å². The molecule has 0 saturated heterocycles. The van der Waals surface area contributed by atoms with Gasteiger partial charge in [0.1, 0.15) is 11.7 Å². The van der Waals surface area contributed by atoms with Crippen LogP contribution in [0, 0.1) is 6.92 Å². The molecular weight excluding hydrogens is 440 g/mol. The second-order valence-corrected chi connectivity index (χ2v) is 10.7. The maximum Gasteiger partial charge on any atom is 0.159 e. The molecule has 3 heteroatoms. The van der Waals surface area contributed by atoms with E-state index in [2.05, 4.69) is 124 Å². The Hall–Kier alpha value is -3.72. The Balaban J connectivity index is 1.63. The fourth-order valence-electron chi connectivity index (χ4n) is 5.97. The molecule has 0 unspecified atom stereocenters. The fourth-order valence-corrected chi connectivity index (χ4v) is 5.97. The Morgan fingerprint density at radius 2 is 1.22 bits per heavy atom. The van der Waals surface area contributed by atoms with Gasteiger partial charge in [-0.1, -0.05) is 88.4 Å². The second-order valence-electron chi connectivity index (χ2n) is 10.7. The molecule has 0 amide bonds. The van der Waals surface area contributed by atoms with Crippen LogP contribution in [0.5, 0.6) is 0 Å². The lowest BCUT2D eigenvalue weighted by molar-refractivity contribution is 0.662. The van der Waals surface area contributed by atoms with Crippen molar-refractivity contribution in [2.24, 2.45) is 0 Å². The van der Waals surface area contributed by atoms with Gasteiger partial charge in [0.25, 0.3) is 0 Å². The number of fused-ring (bicyclic) bond motifs is 4.